The molecule has 0 aliphatic carbocycles. The van der Waals surface area contributed by atoms with E-state index in [1.807, 2.05) is 30.3 Å². The van der Waals surface area contributed by atoms with E-state index in [0.717, 1.165) is 25.3 Å². The molecule has 33 heavy (non-hydrogen) atoms. The quantitative estimate of drug-likeness (QED) is 0.389. The van der Waals surface area contributed by atoms with Crippen LogP contribution in [0.15, 0.2) is 71.5 Å². The van der Waals surface area contributed by atoms with Crippen LogP contribution in [-0.4, -0.2) is 49.3 Å². The summed E-state index contributed by atoms with van der Waals surface area (Å²) in [6.45, 7) is 2.01. The molecule has 1 heterocycles. The first kappa shape index (κ1) is 23.7. The summed E-state index contributed by atoms with van der Waals surface area (Å²) in [7, 11) is -2.09. The lowest BCUT2D eigenvalue weighted by Gasteiger charge is -2.15. The van der Waals surface area contributed by atoms with Crippen molar-refractivity contribution < 1.29 is 27.5 Å². The average Bonchev–Trinajstić information content (AvgIpc) is 3.26. The van der Waals surface area contributed by atoms with Gasteiger partial charge < -0.3 is 9.47 Å². The molecule has 0 unspecified atom stereocenters. The highest BCUT2D eigenvalue weighted by molar-refractivity contribution is 7.89. The van der Waals surface area contributed by atoms with Crippen LogP contribution in [-0.2, 0) is 35.6 Å². The summed E-state index contributed by atoms with van der Waals surface area (Å²) in [5.74, 6) is -2.16. The average molecular weight is 471 g/mol. The Bertz CT molecular complexity index is 1280. The Labute approximate surface area is 190 Å². The fourth-order valence-electron chi connectivity index (χ4n) is 2.94. The molecular weight excluding hydrogens is 448 g/mol. The molecule has 11 heteroatoms. The first-order valence-corrected chi connectivity index (χ1v) is 11.2. The smallest absolute Gasteiger partial charge is 0.356 e. The van der Waals surface area contributed by atoms with Crippen molar-refractivity contribution in [2.24, 2.45) is 0 Å². The summed E-state index contributed by atoms with van der Waals surface area (Å²) in [5.41, 5.74) is 0.607. The minimum Gasteiger partial charge on any atom is -0.465 e. The van der Waals surface area contributed by atoms with E-state index in [1.54, 1.807) is 19.1 Å². The first-order chi connectivity index (χ1) is 15.8. The molecule has 3 aromatic rings. The highest BCUT2D eigenvalue weighted by atomic mass is 32.2. The van der Waals surface area contributed by atoms with Gasteiger partial charge in [0.15, 0.2) is 11.5 Å². The molecule has 172 valence electrons. The van der Waals surface area contributed by atoms with Crippen LogP contribution < -0.4 is 4.72 Å². The molecule has 0 spiro atoms. The van der Waals surface area contributed by atoms with Crippen molar-refractivity contribution >= 4 is 27.5 Å². The Kier molecular flexibility index (Phi) is 7.23. The number of sulfonamides is 1. The number of hydrogen-bond acceptors (Lipinski definition) is 8. The predicted octanol–water partition coefficient (Wildman–Crippen LogP) is 1.67. The van der Waals surface area contributed by atoms with E-state index in [1.165, 1.54) is 23.1 Å². The maximum absolute atomic E-state index is 13.0. The number of aryl methyl sites for hydroxylation is 1. The summed E-state index contributed by atoms with van der Waals surface area (Å²) in [6.07, 6.45) is 1.19. The Morgan fingerprint density at radius 3 is 2.21 bits per heavy atom. The van der Waals surface area contributed by atoms with Crippen molar-refractivity contribution in [3.63, 3.8) is 0 Å². The number of carbonyl (C=O) groups excluding carboxylic acids is 2. The van der Waals surface area contributed by atoms with E-state index < -0.39 is 33.2 Å². The van der Waals surface area contributed by atoms with Crippen LogP contribution >= 0.6 is 0 Å². The number of benzene rings is 2. The summed E-state index contributed by atoms with van der Waals surface area (Å²) < 4.78 is 39.1. The molecule has 0 amide bonds. The van der Waals surface area contributed by atoms with Crippen LogP contribution in [0.1, 0.15) is 17.0 Å². The number of methoxy groups -OCH3 is 2. The van der Waals surface area contributed by atoms with Crippen LogP contribution in [0.4, 0.5) is 0 Å². The van der Waals surface area contributed by atoms with Crippen molar-refractivity contribution in [3.05, 3.63) is 83.6 Å². The van der Waals surface area contributed by atoms with Gasteiger partial charge in [-0.05, 0) is 24.6 Å². The third-order valence-electron chi connectivity index (χ3n) is 4.61. The molecule has 1 aromatic heterocycles. The normalized spacial score (nSPS) is 12.0. The maximum atomic E-state index is 13.0. The highest BCUT2D eigenvalue weighted by Crippen LogP contribution is 2.21. The molecule has 2 aromatic carbocycles. The van der Waals surface area contributed by atoms with E-state index in [9.17, 15) is 18.0 Å². The fourth-order valence-corrected chi connectivity index (χ4v) is 4.01. The monoisotopic (exact) mass is 470 g/mol. The number of ether oxygens (including phenoxy) is 2. The zero-order valence-electron chi connectivity index (χ0n) is 18.2. The number of aromatic nitrogens is 3. The number of hydrogen-bond donors (Lipinski definition) is 1. The van der Waals surface area contributed by atoms with E-state index in [-0.39, 0.29) is 17.3 Å². The lowest BCUT2D eigenvalue weighted by molar-refractivity contribution is -0.138. The molecular formula is C22H22N4O6S. The predicted molar refractivity (Wildman–Crippen MR) is 118 cm³/mol. The molecule has 10 nitrogen and oxygen atoms in total. The third kappa shape index (κ3) is 5.44. The molecule has 0 saturated carbocycles. The van der Waals surface area contributed by atoms with E-state index >= 15 is 0 Å². The van der Waals surface area contributed by atoms with Gasteiger partial charge >= 0.3 is 11.9 Å². The second-order valence-electron chi connectivity index (χ2n) is 6.88. The fraction of sp³-hybridized carbons (Fsp3) is 0.182. The van der Waals surface area contributed by atoms with Gasteiger partial charge in [-0.3, -0.25) is 4.72 Å². The molecule has 0 fully saturated rings. The number of nitrogens with one attached hydrogen (secondary N) is 1. The molecule has 0 atom stereocenters. The number of rotatable bonds is 8. The van der Waals surface area contributed by atoms with Crippen LogP contribution in [0.25, 0.3) is 5.57 Å². The number of carbonyl (C=O) groups is 2. The van der Waals surface area contributed by atoms with Gasteiger partial charge in [0, 0.05) is 0 Å². The van der Waals surface area contributed by atoms with Gasteiger partial charge in [-0.2, -0.15) is 5.10 Å². The van der Waals surface area contributed by atoms with Gasteiger partial charge in [0.1, 0.15) is 11.9 Å². The Morgan fingerprint density at radius 2 is 1.61 bits per heavy atom. The van der Waals surface area contributed by atoms with E-state index in [0.29, 0.717) is 0 Å². The van der Waals surface area contributed by atoms with E-state index in [2.05, 4.69) is 14.8 Å². The Balaban J connectivity index is 2.15. The SMILES string of the molecule is COC(=O)/C(NS(=O)(=O)c1ccc(C)cc1)=C(\C(=O)OC)c1ncnn1Cc1ccccc1. The minimum absolute atomic E-state index is 0.0716. The third-order valence-corrected chi connectivity index (χ3v) is 5.98. The summed E-state index contributed by atoms with van der Waals surface area (Å²) in [5, 5.41) is 4.12. The van der Waals surface area contributed by atoms with Gasteiger partial charge in [-0.25, -0.2) is 27.7 Å². The van der Waals surface area contributed by atoms with Gasteiger partial charge in [0.25, 0.3) is 10.0 Å². The van der Waals surface area contributed by atoms with Crippen molar-refractivity contribution in [1.82, 2.24) is 19.5 Å². The molecule has 0 aliphatic rings. The van der Waals surface area contributed by atoms with Gasteiger partial charge in [-0.1, -0.05) is 48.0 Å². The van der Waals surface area contributed by atoms with Crippen LogP contribution in [0.5, 0.6) is 0 Å². The molecule has 0 bridgehead atoms. The lowest BCUT2D eigenvalue weighted by Crippen LogP contribution is -2.31. The topological polar surface area (TPSA) is 129 Å². The standard InChI is InChI=1S/C22H22N4O6S/c1-15-9-11-17(12-10-15)33(29,30)25-19(22(28)32-3)18(21(27)31-2)20-23-14-24-26(20)13-16-7-5-4-6-8-16/h4-12,14,25H,13H2,1-3H3/b19-18+. The highest BCUT2D eigenvalue weighted by Gasteiger charge is 2.31. The number of esters is 2. The summed E-state index contributed by atoms with van der Waals surface area (Å²) in [6, 6.07) is 15.2. The van der Waals surface area contributed by atoms with E-state index in [4.69, 9.17) is 9.47 Å². The van der Waals surface area contributed by atoms with Gasteiger partial charge in [0.05, 0.1) is 25.7 Å². The molecule has 3 rings (SSSR count). The van der Waals surface area contributed by atoms with Crippen molar-refractivity contribution in [1.29, 1.82) is 0 Å². The second-order valence-corrected chi connectivity index (χ2v) is 8.56. The Morgan fingerprint density at radius 1 is 0.970 bits per heavy atom. The first-order valence-electron chi connectivity index (χ1n) is 9.69. The van der Waals surface area contributed by atoms with Crippen LogP contribution in [0.2, 0.25) is 0 Å². The Hall–Kier alpha value is -3.99. The zero-order valence-corrected chi connectivity index (χ0v) is 19.0. The van der Waals surface area contributed by atoms with Crippen LogP contribution in [0, 0.1) is 6.92 Å². The summed E-state index contributed by atoms with van der Waals surface area (Å²) >= 11 is 0. The summed E-state index contributed by atoms with van der Waals surface area (Å²) in [4.78, 5) is 29.3. The minimum atomic E-state index is -4.25. The van der Waals surface area contributed by atoms with Crippen molar-refractivity contribution in [3.8, 4) is 0 Å². The molecule has 0 saturated heterocycles. The van der Waals surface area contributed by atoms with Crippen LogP contribution in [0.3, 0.4) is 0 Å². The lowest BCUT2D eigenvalue weighted by atomic mass is 10.1. The van der Waals surface area contributed by atoms with Crippen molar-refractivity contribution in [2.45, 2.75) is 18.4 Å². The molecule has 1 N–H and O–H groups in total. The zero-order chi connectivity index (χ0) is 24.0. The molecule has 0 aliphatic heterocycles. The van der Waals surface area contributed by atoms with Gasteiger partial charge in [-0.15, -0.1) is 0 Å². The van der Waals surface area contributed by atoms with Gasteiger partial charge in [0.2, 0.25) is 0 Å². The number of nitrogens with zero attached hydrogens (tertiary/aromatic N) is 3. The maximum Gasteiger partial charge on any atom is 0.356 e. The largest absolute Gasteiger partial charge is 0.465 e. The molecule has 0 radical (unpaired) electrons. The second kappa shape index (κ2) is 10.1. The van der Waals surface area contributed by atoms with Crippen molar-refractivity contribution in [2.75, 3.05) is 14.2 Å².